The number of nitrogens with two attached hydrogens (primary N) is 1. The molecule has 1 amide bonds. The summed E-state index contributed by atoms with van der Waals surface area (Å²) in [4.78, 5) is 11.1. The van der Waals surface area contributed by atoms with Crippen LogP contribution in [0, 0.1) is 6.92 Å². The summed E-state index contributed by atoms with van der Waals surface area (Å²) in [6.07, 6.45) is 1.49. The fourth-order valence-electron chi connectivity index (χ4n) is 2.12. The molecule has 0 heterocycles. The van der Waals surface area contributed by atoms with E-state index in [1.54, 1.807) is 30.3 Å². The quantitative estimate of drug-likeness (QED) is 0.838. The largest absolute Gasteiger partial charge is 0.370 e. The number of carbonyl (C=O) groups is 1. The van der Waals surface area contributed by atoms with Gasteiger partial charge in [0.15, 0.2) is 0 Å². The third-order valence-electron chi connectivity index (χ3n) is 3.42. The van der Waals surface area contributed by atoms with E-state index >= 15 is 0 Å². The van der Waals surface area contributed by atoms with E-state index in [-0.39, 0.29) is 13.0 Å². The van der Waals surface area contributed by atoms with Crippen molar-refractivity contribution < 1.29 is 13.2 Å². The van der Waals surface area contributed by atoms with E-state index in [1.807, 2.05) is 31.2 Å². The molecule has 2 aromatic carbocycles. The van der Waals surface area contributed by atoms with E-state index in [4.69, 9.17) is 5.73 Å². The number of rotatable bonds is 7. The minimum Gasteiger partial charge on any atom is -0.370 e. The van der Waals surface area contributed by atoms with Gasteiger partial charge in [-0.1, -0.05) is 48.0 Å². The van der Waals surface area contributed by atoms with E-state index in [0.29, 0.717) is 5.69 Å². The molecule has 0 bridgehead atoms. The summed E-state index contributed by atoms with van der Waals surface area (Å²) in [6.45, 7) is 1.96. The molecular weight excluding hydrogens is 324 g/mol. The lowest BCUT2D eigenvalue weighted by atomic mass is 10.2. The summed E-state index contributed by atoms with van der Waals surface area (Å²) in [7, 11) is -3.73. The zero-order valence-electron chi connectivity index (χ0n) is 13.4. The van der Waals surface area contributed by atoms with Crippen molar-refractivity contribution in [2.24, 2.45) is 5.73 Å². The number of benzene rings is 2. The highest BCUT2D eigenvalue weighted by Crippen LogP contribution is 2.19. The molecule has 2 N–H and O–H groups in total. The van der Waals surface area contributed by atoms with E-state index in [0.717, 1.165) is 16.5 Å². The van der Waals surface area contributed by atoms with Gasteiger partial charge in [0.2, 0.25) is 5.91 Å². The Morgan fingerprint density at radius 3 is 2.29 bits per heavy atom. The molecule has 5 nitrogen and oxygen atoms in total. The lowest BCUT2D eigenvalue weighted by Crippen LogP contribution is -2.32. The predicted molar refractivity (Wildman–Crippen MR) is 96.7 cm³/mol. The topological polar surface area (TPSA) is 80.5 Å². The van der Waals surface area contributed by atoms with E-state index in [2.05, 4.69) is 0 Å². The van der Waals surface area contributed by atoms with E-state index in [9.17, 15) is 13.2 Å². The molecule has 0 aliphatic carbocycles. The summed E-state index contributed by atoms with van der Waals surface area (Å²) in [5, 5.41) is 1.14. The van der Waals surface area contributed by atoms with E-state index in [1.165, 1.54) is 10.4 Å². The number of carbonyl (C=O) groups excluding carboxylic acids is 1. The van der Waals surface area contributed by atoms with Gasteiger partial charge in [0.25, 0.3) is 10.0 Å². The first-order chi connectivity index (χ1) is 11.4. The predicted octanol–water partition coefficient (Wildman–Crippen LogP) is 2.68. The van der Waals surface area contributed by atoms with Crippen molar-refractivity contribution in [3.63, 3.8) is 0 Å². The molecule has 0 atom stereocenters. The molecule has 2 aromatic rings. The van der Waals surface area contributed by atoms with Crippen molar-refractivity contribution in [1.82, 2.24) is 0 Å². The number of sulfonamides is 1. The molecule has 0 radical (unpaired) electrons. The van der Waals surface area contributed by atoms with Gasteiger partial charge in [-0.15, -0.1) is 0 Å². The molecule has 0 aliphatic heterocycles. The monoisotopic (exact) mass is 344 g/mol. The Labute approximate surface area is 142 Å². The van der Waals surface area contributed by atoms with Gasteiger partial charge >= 0.3 is 0 Å². The summed E-state index contributed by atoms with van der Waals surface area (Å²) in [5.74, 6) is -0.548. The average molecular weight is 344 g/mol. The van der Waals surface area contributed by atoms with Gasteiger partial charge in [0, 0.05) is 13.0 Å². The van der Waals surface area contributed by atoms with Gasteiger partial charge in [-0.25, -0.2) is 8.42 Å². The number of para-hydroxylation sites is 1. The molecular formula is C18H20N2O3S. The summed E-state index contributed by atoms with van der Waals surface area (Å²) in [6, 6.07) is 16.1. The van der Waals surface area contributed by atoms with Crippen LogP contribution in [0.1, 0.15) is 17.5 Å². The van der Waals surface area contributed by atoms with Crippen LogP contribution in [0.4, 0.5) is 5.69 Å². The highest BCUT2D eigenvalue weighted by molar-refractivity contribution is 7.95. The Morgan fingerprint density at radius 2 is 1.71 bits per heavy atom. The summed E-state index contributed by atoms with van der Waals surface area (Å²) in [5.41, 5.74) is 7.54. The third-order valence-corrected chi connectivity index (χ3v) is 4.91. The van der Waals surface area contributed by atoms with Crippen LogP contribution < -0.4 is 10.0 Å². The van der Waals surface area contributed by atoms with Crippen LogP contribution in [0.25, 0.3) is 6.08 Å². The number of hydrogen-bond acceptors (Lipinski definition) is 3. The zero-order valence-corrected chi connectivity index (χ0v) is 14.2. The van der Waals surface area contributed by atoms with Crippen LogP contribution in [0.5, 0.6) is 0 Å². The standard InChI is InChI=1S/C18H20N2O3S/c1-15-7-9-16(10-8-15)12-14-24(22,23)20(13-11-18(19)21)17-5-3-2-4-6-17/h2-10,12,14H,11,13H2,1H3,(H2,19,21)/b14-12-. The molecule has 0 unspecified atom stereocenters. The Hall–Kier alpha value is -2.60. The Balaban J connectivity index is 2.29. The minimum absolute atomic E-state index is 0.0000815. The highest BCUT2D eigenvalue weighted by Gasteiger charge is 2.20. The number of aryl methyl sites for hydroxylation is 1. The molecule has 0 spiro atoms. The number of nitrogens with zero attached hydrogens (tertiary/aromatic N) is 1. The van der Waals surface area contributed by atoms with Crippen LogP contribution in [0.15, 0.2) is 60.0 Å². The second-order valence-electron chi connectivity index (χ2n) is 5.38. The second kappa shape index (κ2) is 7.79. The van der Waals surface area contributed by atoms with Gasteiger partial charge in [0.05, 0.1) is 11.1 Å². The zero-order chi connectivity index (χ0) is 17.6. The maximum absolute atomic E-state index is 12.7. The van der Waals surface area contributed by atoms with Crippen LogP contribution in [-0.4, -0.2) is 20.9 Å². The molecule has 6 heteroatoms. The molecule has 0 saturated heterocycles. The molecule has 126 valence electrons. The normalized spacial score (nSPS) is 11.5. The van der Waals surface area contributed by atoms with Crippen molar-refractivity contribution in [2.75, 3.05) is 10.8 Å². The van der Waals surface area contributed by atoms with Crippen molar-refractivity contribution >= 4 is 27.7 Å². The van der Waals surface area contributed by atoms with Crippen LogP contribution in [-0.2, 0) is 14.8 Å². The van der Waals surface area contributed by atoms with Gasteiger partial charge in [-0.2, -0.15) is 0 Å². The van der Waals surface area contributed by atoms with E-state index < -0.39 is 15.9 Å². The third kappa shape index (κ3) is 4.96. The van der Waals surface area contributed by atoms with Crippen molar-refractivity contribution in [2.45, 2.75) is 13.3 Å². The Morgan fingerprint density at radius 1 is 1.08 bits per heavy atom. The molecule has 0 saturated carbocycles. The van der Waals surface area contributed by atoms with Crippen molar-refractivity contribution in [3.05, 3.63) is 71.1 Å². The number of primary amides is 1. The average Bonchev–Trinajstić information content (AvgIpc) is 2.55. The molecule has 0 aliphatic rings. The maximum Gasteiger partial charge on any atom is 0.257 e. The number of anilines is 1. The lowest BCUT2D eigenvalue weighted by molar-refractivity contribution is -0.117. The fraction of sp³-hybridized carbons (Fsp3) is 0.167. The Bertz CT molecular complexity index is 813. The van der Waals surface area contributed by atoms with Gasteiger partial charge in [-0.05, 0) is 30.7 Å². The summed E-state index contributed by atoms with van der Waals surface area (Å²) >= 11 is 0. The van der Waals surface area contributed by atoms with Gasteiger partial charge in [0.1, 0.15) is 0 Å². The van der Waals surface area contributed by atoms with Crippen LogP contribution in [0.3, 0.4) is 0 Å². The summed E-state index contributed by atoms with van der Waals surface area (Å²) < 4.78 is 26.5. The fourth-order valence-corrected chi connectivity index (χ4v) is 3.36. The minimum atomic E-state index is -3.73. The highest BCUT2D eigenvalue weighted by atomic mass is 32.2. The molecule has 0 aromatic heterocycles. The first kappa shape index (κ1) is 17.7. The second-order valence-corrected chi connectivity index (χ2v) is 7.13. The molecule has 2 rings (SSSR count). The number of hydrogen-bond donors (Lipinski definition) is 1. The molecule has 0 fully saturated rings. The van der Waals surface area contributed by atoms with Gasteiger partial charge < -0.3 is 5.73 Å². The maximum atomic E-state index is 12.7. The van der Waals surface area contributed by atoms with Gasteiger partial charge in [-0.3, -0.25) is 9.10 Å². The SMILES string of the molecule is Cc1ccc(/C=C\S(=O)(=O)N(CCC(N)=O)c2ccccc2)cc1. The first-order valence-corrected chi connectivity index (χ1v) is 9.00. The number of amides is 1. The smallest absolute Gasteiger partial charge is 0.257 e. The van der Waals surface area contributed by atoms with Crippen molar-refractivity contribution in [1.29, 1.82) is 0 Å². The van der Waals surface area contributed by atoms with Crippen LogP contribution >= 0.6 is 0 Å². The first-order valence-electron chi connectivity index (χ1n) is 7.49. The Kier molecular flexibility index (Phi) is 5.76. The molecule has 24 heavy (non-hydrogen) atoms. The van der Waals surface area contributed by atoms with Crippen LogP contribution in [0.2, 0.25) is 0 Å². The van der Waals surface area contributed by atoms with Crippen molar-refractivity contribution in [3.8, 4) is 0 Å². The lowest BCUT2D eigenvalue weighted by Gasteiger charge is -2.22.